The lowest BCUT2D eigenvalue weighted by atomic mass is 9.98. The number of halogens is 1. The van der Waals surface area contributed by atoms with Crippen molar-refractivity contribution >= 4 is 39.6 Å². The first kappa shape index (κ1) is 22.2. The van der Waals surface area contributed by atoms with Gasteiger partial charge in [-0.1, -0.05) is 64.5 Å². The van der Waals surface area contributed by atoms with Crippen LogP contribution in [0, 0.1) is 0 Å². The van der Waals surface area contributed by atoms with Crippen molar-refractivity contribution in [3.05, 3.63) is 87.9 Å². The summed E-state index contributed by atoms with van der Waals surface area (Å²) in [4.78, 5) is 36.5. The fraction of sp³-hybridized carbons (Fsp3) is 0.192. The summed E-state index contributed by atoms with van der Waals surface area (Å²) in [7, 11) is 0. The van der Waals surface area contributed by atoms with Gasteiger partial charge in [0.1, 0.15) is 12.1 Å². The van der Waals surface area contributed by atoms with E-state index in [1.54, 1.807) is 12.1 Å². The number of aliphatic carboxylic acids is 1. The molecule has 0 bridgehead atoms. The number of hydrogen-bond acceptors (Lipinski definition) is 4. The first-order valence-corrected chi connectivity index (χ1v) is 11.6. The zero-order valence-electron chi connectivity index (χ0n) is 18.0. The molecule has 172 valence electrons. The van der Waals surface area contributed by atoms with Crippen LogP contribution in [0.3, 0.4) is 0 Å². The van der Waals surface area contributed by atoms with Gasteiger partial charge in [-0.3, -0.25) is 10.1 Å². The molecule has 0 spiro atoms. The molecule has 2 aliphatic carbocycles. The van der Waals surface area contributed by atoms with E-state index in [1.807, 2.05) is 36.4 Å². The molecule has 0 radical (unpaired) electrons. The highest BCUT2D eigenvalue weighted by Crippen LogP contribution is 2.44. The van der Waals surface area contributed by atoms with Crippen LogP contribution in [0.15, 0.2) is 71.2 Å². The first-order chi connectivity index (χ1) is 16.4. The molecule has 0 unspecified atom stereocenters. The van der Waals surface area contributed by atoms with Crippen molar-refractivity contribution in [2.45, 2.75) is 24.3 Å². The second-order valence-electron chi connectivity index (χ2n) is 8.52. The second kappa shape index (κ2) is 8.61. The normalized spacial score (nSPS) is 15.1. The predicted molar refractivity (Wildman–Crippen MR) is 130 cm³/mol. The molecule has 1 fully saturated rings. The van der Waals surface area contributed by atoms with Crippen LogP contribution < -0.4 is 10.6 Å². The molecular formula is C26H21BrN2O5. The predicted octanol–water partition coefficient (Wildman–Crippen LogP) is 5.16. The summed E-state index contributed by atoms with van der Waals surface area (Å²) in [6.07, 6.45) is 0.148. The average molecular weight is 521 g/mol. The molecule has 0 aromatic heterocycles. The number of ether oxygens (including phenoxy) is 1. The van der Waals surface area contributed by atoms with Gasteiger partial charge in [0.25, 0.3) is 5.91 Å². The van der Waals surface area contributed by atoms with Crippen molar-refractivity contribution in [3.63, 3.8) is 0 Å². The second-order valence-corrected chi connectivity index (χ2v) is 9.44. The molecule has 7 nitrogen and oxygen atoms in total. The number of carbonyl (C=O) groups excluding carboxylic acids is 2. The molecule has 34 heavy (non-hydrogen) atoms. The Morgan fingerprint density at radius 1 is 0.971 bits per heavy atom. The zero-order chi connectivity index (χ0) is 23.9. The van der Waals surface area contributed by atoms with Crippen molar-refractivity contribution in [3.8, 4) is 11.1 Å². The minimum Gasteiger partial charge on any atom is -0.480 e. The van der Waals surface area contributed by atoms with Crippen molar-refractivity contribution in [1.82, 2.24) is 5.32 Å². The molecule has 1 saturated carbocycles. The van der Waals surface area contributed by atoms with E-state index in [0.29, 0.717) is 23.0 Å². The lowest BCUT2D eigenvalue weighted by molar-refractivity contribution is -0.140. The SMILES string of the molecule is O=C(Nc1cc(Br)cc(C(=O)NC2(C(=O)O)CC2)c1)OCC1c2ccccc2-c2ccccc21. The van der Waals surface area contributed by atoms with Gasteiger partial charge in [-0.15, -0.1) is 0 Å². The topological polar surface area (TPSA) is 105 Å². The number of anilines is 1. The minimum absolute atomic E-state index is 0.0623. The molecular weight excluding hydrogens is 500 g/mol. The third kappa shape index (κ3) is 4.17. The molecule has 3 aromatic rings. The lowest BCUT2D eigenvalue weighted by Gasteiger charge is -2.15. The summed E-state index contributed by atoms with van der Waals surface area (Å²) < 4.78 is 6.13. The summed E-state index contributed by atoms with van der Waals surface area (Å²) >= 11 is 3.34. The lowest BCUT2D eigenvalue weighted by Crippen LogP contribution is -2.43. The van der Waals surface area contributed by atoms with Gasteiger partial charge in [-0.05, 0) is 53.3 Å². The fourth-order valence-corrected chi connectivity index (χ4v) is 4.85. The largest absolute Gasteiger partial charge is 0.480 e. The van der Waals surface area contributed by atoms with Gasteiger partial charge < -0.3 is 15.2 Å². The maximum atomic E-state index is 12.6. The molecule has 0 saturated heterocycles. The Morgan fingerprint density at radius 2 is 1.59 bits per heavy atom. The summed E-state index contributed by atoms with van der Waals surface area (Å²) in [5, 5.41) is 14.5. The zero-order valence-corrected chi connectivity index (χ0v) is 19.6. The van der Waals surface area contributed by atoms with Crippen LogP contribution in [-0.4, -0.2) is 35.2 Å². The van der Waals surface area contributed by atoms with E-state index in [9.17, 15) is 19.5 Å². The number of rotatable bonds is 6. The van der Waals surface area contributed by atoms with Crippen LogP contribution in [0.1, 0.15) is 40.2 Å². The Morgan fingerprint density at radius 3 is 2.18 bits per heavy atom. The minimum atomic E-state index is -1.19. The maximum absolute atomic E-state index is 12.6. The number of hydrogen-bond donors (Lipinski definition) is 3. The summed E-state index contributed by atoms with van der Waals surface area (Å²) in [5.41, 5.74) is 3.91. The number of nitrogens with one attached hydrogen (secondary N) is 2. The van der Waals surface area contributed by atoms with Crippen LogP contribution in [-0.2, 0) is 9.53 Å². The average Bonchev–Trinajstić information content (AvgIpc) is 3.53. The van der Waals surface area contributed by atoms with Gasteiger partial charge in [0.05, 0.1) is 0 Å². The highest BCUT2D eigenvalue weighted by Gasteiger charge is 2.51. The Balaban J connectivity index is 1.27. The van der Waals surface area contributed by atoms with Crippen LogP contribution in [0.25, 0.3) is 11.1 Å². The molecule has 0 atom stereocenters. The van der Waals surface area contributed by atoms with Gasteiger partial charge in [0.15, 0.2) is 0 Å². The fourth-order valence-electron chi connectivity index (χ4n) is 4.35. The van der Waals surface area contributed by atoms with E-state index in [-0.39, 0.29) is 18.1 Å². The molecule has 0 aliphatic heterocycles. The molecule has 2 amide bonds. The van der Waals surface area contributed by atoms with Crippen molar-refractivity contribution in [1.29, 1.82) is 0 Å². The summed E-state index contributed by atoms with van der Waals surface area (Å²) in [6, 6.07) is 20.9. The number of benzene rings is 3. The van der Waals surface area contributed by atoms with Crippen LogP contribution in [0.5, 0.6) is 0 Å². The van der Waals surface area contributed by atoms with E-state index in [1.165, 1.54) is 6.07 Å². The monoisotopic (exact) mass is 520 g/mol. The first-order valence-electron chi connectivity index (χ1n) is 10.8. The van der Waals surface area contributed by atoms with Crippen molar-refractivity contribution in [2.24, 2.45) is 0 Å². The third-order valence-electron chi connectivity index (χ3n) is 6.26. The summed E-state index contributed by atoms with van der Waals surface area (Å²) in [6.45, 7) is 0.169. The molecule has 5 rings (SSSR count). The Kier molecular flexibility index (Phi) is 5.61. The molecule has 2 aliphatic rings. The van der Waals surface area contributed by atoms with Crippen LogP contribution >= 0.6 is 15.9 Å². The van der Waals surface area contributed by atoms with Crippen LogP contribution in [0.2, 0.25) is 0 Å². The van der Waals surface area contributed by atoms with Crippen LogP contribution in [0.4, 0.5) is 10.5 Å². The highest BCUT2D eigenvalue weighted by molar-refractivity contribution is 9.10. The van der Waals surface area contributed by atoms with Crippen molar-refractivity contribution in [2.75, 3.05) is 11.9 Å². The number of carboxylic acids is 1. The molecule has 0 heterocycles. The molecule has 8 heteroatoms. The number of fused-ring (bicyclic) bond motifs is 3. The van der Waals surface area contributed by atoms with Crippen molar-refractivity contribution < 1.29 is 24.2 Å². The van der Waals surface area contributed by atoms with Gasteiger partial charge in [0, 0.05) is 21.6 Å². The van der Waals surface area contributed by atoms with E-state index < -0.39 is 23.5 Å². The molecule has 3 aromatic carbocycles. The number of amides is 2. The molecule has 3 N–H and O–H groups in total. The number of carboxylic acid groups (broad SMARTS) is 1. The van der Waals surface area contributed by atoms with E-state index in [4.69, 9.17) is 4.74 Å². The quantitative estimate of drug-likeness (QED) is 0.416. The standard InChI is InChI=1S/C26H21BrN2O5/c27-16-11-15(23(30)29-26(9-10-26)24(31)32)12-17(13-16)28-25(33)34-14-22-20-7-3-1-5-18(20)19-6-2-4-8-21(19)22/h1-8,11-13,22H,9-10,14H2,(H,28,33)(H,29,30)(H,31,32). The third-order valence-corrected chi connectivity index (χ3v) is 6.72. The van der Waals surface area contributed by atoms with E-state index >= 15 is 0 Å². The van der Waals surface area contributed by atoms with Gasteiger partial charge in [-0.25, -0.2) is 9.59 Å². The Hall–Kier alpha value is -3.65. The Bertz CT molecular complexity index is 1270. The Labute approximate surface area is 204 Å². The van der Waals surface area contributed by atoms with E-state index in [2.05, 4.69) is 38.7 Å². The van der Waals surface area contributed by atoms with Gasteiger partial charge >= 0.3 is 12.1 Å². The highest BCUT2D eigenvalue weighted by atomic mass is 79.9. The van der Waals surface area contributed by atoms with E-state index in [0.717, 1.165) is 22.3 Å². The number of carbonyl (C=O) groups is 3. The maximum Gasteiger partial charge on any atom is 0.411 e. The smallest absolute Gasteiger partial charge is 0.411 e. The van der Waals surface area contributed by atoms with Gasteiger partial charge in [-0.2, -0.15) is 0 Å². The van der Waals surface area contributed by atoms with Gasteiger partial charge in [0.2, 0.25) is 0 Å². The summed E-state index contributed by atoms with van der Waals surface area (Å²) in [5.74, 6) is -1.63.